The van der Waals surface area contributed by atoms with Crippen LogP contribution in [0.4, 0.5) is 0 Å². The molecule has 2 aliphatic rings. The molecule has 11 heteroatoms. The zero-order valence-corrected chi connectivity index (χ0v) is 21.6. The molecule has 2 atom stereocenters. The number of nitriles is 1. The maximum Gasteiger partial charge on any atom is 0.253 e. The molecule has 0 saturated carbocycles. The van der Waals surface area contributed by atoms with Crippen LogP contribution in [0.5, 0.6) is 0 Å². The third-order valence-electron chi connectivity index (χ3n) is 6.06. The van der Waals surface area contributed by atoms with Crippen molar-refractivity contribution in [1.82, 2.24) is 20.4 Å². The van der Waals surface area contributed by atoms with Gasteiger partial charge in [0.2, 0.25) is 11.9 Å². The molecule has 1 aromatic carbocycles. The number of rotatable bonds is 8. The number of morpholine rings is 1. The quantitative estimate of drug-likeness (QED) is 0.395. The molecule has 2 aliphatic heterocycles. The molecular formula is C24H36N6O4S. The number of amides is 1. The van der Waals surface area contributed by atoms with Crippen LogP contribution in [-0.2, 0) is 26.1 Å². The summed E-state index contributed by atoms with van der Waals surface area (Å²) in [5, 5.41) is 16.1. The molecule has 2 unspecified atom stereocenters. The Morgan fingerprint density at radius 3 is 2.51 bits per heavy atom. The van der Waals surface area contributed by atoms with Crippen LogP contribution >= 0.6 is 0 Å². The predicted molar refractivity (Wildman–Crippen MR) is 134 cm³/mol. The average molecular weight is 505 g/mol. The lowest BCUT2D eigenvalue weighted by atomic mass is 9.98. The fraction of sp³-hybridized carbons (Fsp3) is 0.625. The summed E-state index contributed by atoms with van der Waals surface area (Å²) in [6, 6.07) is 11.6. The number of nitrogens with zero attached hydrogens (tertiary/aromatic N) is 4. The highest BCUT2D eigenvalue weighted by Gasteiger charge is 2.41. The number of hydrogen-bond donors (Lipinski definition) is 2. The van der Waals surface area contributed by atoms with E-state index in [2.05, 4.69) is 26.0 Å². The van der Waals surface area contributed by atoms with E-state index in [0.29, 0.717) is 58.8 Å². The van der Waals surface area contributed by atoms with Crippen molar-refractivity contribution in [3.05, 3.63) is 35.9 Å². The summed E-state index contributed by atoms with van der Waals surface area (Å²) < 4.78 is 33.2. The number of guanidine groups is 1. The number of hydrogen-bond acceptors (Lipinski definition) is 6. The Balaban J connectivity index is 1.74. The Kier molecular flexibility index (Phi) is 9.10. The first-order valence-electron chi connectivity index (χ1n) is 12.0. The summed E-state index contributed by atoms with van der Waals surface area (Å²) in [5.41, 5.74) is 0.148. The first-order chi connectivity index (χ1) is 16.6. The van der Waals surface area contributed by atoms with E-state index in [1.807, 2.05) is 44.2 Å². The third kappa shape index (κ3) is 8.19. The van der Waals surface area contributed by atoms with Gasteiger partial charge in [-0.1, -0.05) is 44.2 Å². The summed E-state index contributed by atoms with van der Waals surface area (Å²) in [6.45, 7) is 7.62. The highest BCUT2D eigenvalue weighted by molar-refractivity contribution is 7.89. The first kappa shape index (κ1) is 26.9. The van der Waals surface area contributed by atoms with Gasteiger partial charge < -0.3 is 20.3 Å². The van der Waals surface area contributed by atoms with Gasteiger partial charge in [-0.2, -0.15) is 5.26 Å². The molecule has 2 heterocycles. The Labute approximate surface area is 208 Å². The standard InChI is InChI=1S/C24H36N6O4S/c1-19(2)15-21(26-23(28-35(3,32)33)30-11-13-34-14-12-30)22(31)27-24(17-25)9-10-29(18-24)16-20-7-5-4-6-8-20/h4-8,19,21H,9-16,18H2,1-3H3,(H,26,28)(H,27,31). The Hall–Kier alpha value is -2.68. The molecule has 10 nitrogen and oxygen atoms in total. The summed E-state index contributed by atoms with van der Waals surface area (Å²) in [6.07, 6.45) is 2.00. The Morgan fingerprint density at radius 1 is 1.23 bits per heavy atom. The van der Waals surface area contributed by atoms with Crippen molar-refractivity contribution in [2.24, 2.45) is 10.3 Å². The molecule has 2 fully saturated rings. The third-order valence-corrected chi connectivity index (χ3v) is 6.57. The Bertz CT molecular complexity index is 1030. The van der Waals surface area contributed by atoms with Crippen LogP contribution in [0.15, 0.2) is 34.7 Å². The molecule has 3 rings (SSSR count). The highest BCUT2D eigenvalue weighted by atomic mass is 32.2. The van der Waals surface area contributed by atoms with Gasteiger partial charge in [0.05, 0.1) is 25.5 Å². The molecule has 35 heavy (non-hydrogen) atoms. The van der Waals surface area contributed by atoms with Gasteiger partial charge in [0.15, 0.2) is 0 Å². The molecule has 0 aromatic heterocycles. The van der Waals surface area contributed by atoms with Crippen LogP contribution in [0, 0.1) is 17.2 Å². The number of likely N-dealkylation sites (tertiary alicyclic amines) is 1. The van der Waals surface area contributed by atoms with Crippen LogP contribution in [0.25, 0.3) is 0 Å². The van der Waals surface area contributed by atoms with E-state index in [1.54, 1.807) is 4.90 Å². The van der Waals surface area contributed by atoms with E-state index in [-0.39, 0.29) is 17.8 Å². The van der Waals surface area contributed by atoms with Gasteiger partial charge in [0.25, 0.3) is 10.0 Å². The van der Waals surface area contributed by atoms with Gasteiger partial charge in [-0.25, -0.2) is 8.42 Å². The van der Waals surface area contributed by atoms with E-state index >= 15 is 0 Å². The molecule has 0 radical (unpaired) electrons. The maximum atomic E-state index is 13.5. The zero-order chi connectivity index (χ0) is 25.5. The van der Waals surface area contributed by atoms with Crippen molar-refractivity contribution in [2.75, 3.05) is 45.6 Å². The molecule has 0 aliphatic carbocycles. The fourth-order valence-electron chi connectivity index (χ4n) is 4.38. The molecule has 1 amide bonds. The van der Waals surface area contributed by atoms with E-state index in [0.717, 1.165) is 11.8 Å². The molecule has 2 N–H and O–H groups in total. The normalized spacial score (nSPS) is 22.6. The molecule has 2 saturated heterocycles. The number of ether oxygens (including phenoxy) is 1. The van der Waals surface area contributed by atoms with Crippen LogP contribution < -0.4 is 10.6 Å². The van der Waals surface area contributed by atoms with E-state index in [1.165, 1.54) is 0 Å². The Morgan fingerprint density at radius 2 is 1.91 bits per heavy atom. The fourth-order valence-corrected chi connectivity index (χ4v) is 4.86. The van der Waals surface area contributed by atoms with Gasteiger partial charge in [-0.15, -0.1) is 4.40 Å². The molecule has 192 valence electrons. The van der Waals surface area contributed by atoms with E-state index in [9.17, 15) is 18.5 Å². The summed E-state index contributed by atoms with van der Waals surface area (Å²) in [4.78, 5) is 17.4. The highest BCUT2D eigenvalue weighted by Crippen LogP contribution is 2.23. The van der Waals surface area contributed by atoms with Crippen molar-refractivity contribution in [2.45, 2.75) is 44.8 Å². The smallest absolute Gasteiger partial charge is 0.253 e. The van der Waals surface area contributed by atoms with Crippen molar-refractivity contribution in [1.29, 1.82) is 5.26 Å². The SMILES string of the molecule is CC(C)CC(NC(=NS(C)(=O)=O)N1CCOCC1)C(=O)NC1(C#N)CCN(Cc2ccccc2)C1. The minimum Gasteiger partial charge on any atom is -0.378 e. The topological polar surface area (TPSA) is 127 Å². The lowest BCUT2D eigenvalue weighted by Gasteiger charge is -2.33. The van der Waals surface area contributed by atoms with Crippen molar-refractivity contribution >= 4 is 21.9 Å². The first-order valence-corrected chi connectivity index (χ1v) is 13.8. The second-order valence-corrected chi connectivity index (χ2v) is 11.4. The number of benzene rings is 1. The number of nitrogens with one attached hydrogen (secondary N) is 2. The van der Waals surface area contributed by atoms with Crippen molar-refractivity contribution < 1.29 is 17.9 Å². The lowest BCUT2D eigenvalue weighted by Crippen LogP contribution is -2.59. The average Bonchev–Trinajstić information content (AvgIpc) is 3.21. The zero-order valence-electron chi connectivity index (χ0n) is 20.7. The van der Waals surface area contributed by atoms with Crippen molar-refractivity contribution in [3.8, 4) is 6.07 Å². The molecular weight excluding hydrogens is 468 g/mol. The van der Waals surface area contributed by atoms with Crippen LogP contribution in [0.1, 0.15) is 32.3 Å². The van der Waals surface area contributed by atoms with Gasteiger partial charge in [0.1, 0.15) is 11.6 Å². The van der Waals surface area contributed by atoms with Crippen LogP contribution in [0.2, 0.25) is 0 Å². The molecule has 0 bridgehead atoms. The monoisotopic (exact) mass is 504 g/mol. The second kappa shape index (κ2) is 11.8. The molecule has 0 spiro atoms. The molecule has 1 aromatic rings. The van der Waals surface area contributed by atoms with Gasteiger partial charge in [0, 0.05) is 32.7 Å². The largest absolute Gasteiger partial charge is 0.378 e. The predicted octanol–water partition coefficient (Wildman–Crippen LogP) is 0.923. The van der Waals surface area contributed by atoms with Crippen LogP contribution in [-0.4, -0.2) is 87.3 Å². The summed E-state index contributed by atoms with van der Waals surface area (Å²) in [7, 11) is -3.70. The van der Waals surface area contributed by atoms with E-state index in [4.69, 9.17) is 4.74 Å². The summed E-state index contributed by atoms with van der Waals surface area (Å²) in [5.74, 6) is -0.0466. The van der Waals surface area contributed by atoms with E-state index < -0.39 is 21.6 Å². The minimum absolute atomic E-state index is 0.139. The summed E-state index contributed by atoms with van der Waals surface area (Å²) >= 11 is 0. The second-order valence-electron chi connectivity index (χ2n) is 9.70. The van der Waals surface area contributed by atoms with Gasteiger partial charge in [-0.3, -0.25) is 9.69 Å². The van der Waals surface area contributed by atoms with Crippen LogP contribution in [0.3, 0.4) is 0 Å². The van der Waals surface area contributed by atoms with Gasteiger partial charge >= 0.3 is 0 Å². The lowest BCUT2D eigenvalue weighted by molar-refractivity contribution is -0.124. The van der Waals surface area contributed by atoms with Crippen molar-refractivity contribution in [3.63, 3.8) is 0 Å². The maximum absolute atomic E-state index is 13.5. The minimum atomic E-state index is -3.70. The van der Waals surface area contributed by atoms with Gasteiger partial charge in [-0.05, 0) is 24.3 Å². The number of carbonyl (C=O) groups excluding carboxylic acids is 1. The number of carbonyl (C=O) groups is 1. The number of sulfonamides is 1.